The van der Waals surface area contributed by atoms with Crippen molar-refractivity contribution in [1.82, 2.24) is 18.7 Å². The maximum absolute atomic E-state index is 14.4. The van der Waals surface area contributed by atoms with Crippen LogP contribution in [0.3, 0.4) is 0 Å². The van der Waals surface area contributed by atoms with Gasteiger partial charge in [-0.25, -0.2) is 8.76 Å². The highest BCUT2D eigenvalue weighted by molar-refractivity contribution is 7.16. The minimum Gasteiger partial charge on any atom is -0.365 e. The molecule has 8 nitrogen and oxygen atoms in total. The highest BCUT2D eigenvalue weighted by Gasteiger charge is 2.22. The van der Waals surface area contributed by atoms with Gasteiger partial charge < -0.3 is 9.88 Å². The average molecular weight is 588 g/mol. The van der Waals surface area contributed by atoms with Crippen molar-refractivity contribution in [3.8, 4) is 11.3 Å². The first kappa shape index (κ1) is 26.0. The van der Waals surface area contributed by atoms with Crippen molar-refractivity contribution in [3.63, 3.8) is 0 Å². The molecule has 0 aliphatic rings. The predicted octanol–water partition coefficient (Wildman–Crippen LogP) is 5.86. The molecule has 0 saturated carbocycles. The summed E-state index contributed by atoms with van der Waals surface area (Å²) >= 11 is 15.0. The minimum atomic E-state index is -0.708. The molecule has 0 saturated heterocycles. The second-order valence-electron chi connectivity index (χ2n) is 8.01. The SMILES string of the molecule is O=C(Cn1cc(Cl)c(-c2cc(NCc3ccc(Cl)s3)n(C(=O)c3ccccc3F)n2)cc1=O)c1cnsc1. The van der Waals surface area contributed by atoms with E-state index in [-0.39, 0.29) is 40.0 Å². The molecule has 0 aliphatic heterocycles. The van der Waals surface area contributed by atoms with Crippen LogP contribution in [0.1, 0.15) is 25.6 Å². The van der Waals surface area contributed by atoms with Gasteiger partial charge in [-0.1, -0.05) is 35.3 Å². The third-order valence-electron chi connectivity index (χ3n) is 5.50. The molecule has 0 radical (unpaired) electrons. The number of nitrogens with zero attached hydrogens (tertiary/aromatic N) is 4. The number of Topliss-reactive ketones (excluding diaryl/α,β-unsaturated/α-hetero) is 1. The Morgan fingerprint density at radius 1 is 1.11 bits per heavy atom. The zero-order valence-corrected chi connectivity index (χ0v) is 22.4. The number of hydrogen-bond acceptors (Lipinski definition) is 8. The summed E-state index contributed by atoms with van der Waals surface area (Å²) in [6.07, 6.45) is 2.78. The standard InChI is InChI=1S/C25H16Cl2FN5O3S2/c26-18-11-32(12-21(34)14-9-30-37-13-14)24(35)7-17(18)20-8-23(29-10-15-5-6-22(27)38-15)33(31-20)25(36)16-3-1-2-4-19(16)28/h1-9,11,13,29H,10,12H2. The van der Waals surface area contributed by atoms with E-state index in [4.69, 9.17) is 23.2 Å². The van der Waals surface area contributed by atoms with Crippen LogP contribution in [0.15, 0.2) is 71.1 Å². The van der Waals surface area contributed by atoms with Crippen LogP contribution in [0, 0.1) is 5.82 Å². The quantitative estimate of drug-likeness (QED) is 0.228. The van der Waals surface area contributed by atoms with Crippen LogP contribution in [0.25, 0.3) is 11.3 Å². The lowest BCUT2D eigenvalue weighted by Gasteiger charge is -2.08. The van der Waals surface area contributed by atoms with Gasteiger partial charge in [0.1, 0.15) is 11.6 Å². The Hall–Kier alpha value is -3.64. The summed E-state index contributed by atoms with van der Waals surface area (Å²) in [5, 5.41) is 9.22. The van der Waals surface area contributed by atoms with Crippen LogP contribution in [0.4, 0.5) is 10.2 Å². The summed E-state index contributed by atoms with van der Waals surface area (Å²) in [5.74, 6) is -1.43. The van der Waals surface area contributed by atoms with Crippen molar-refractivity contribution >= 4 is 63.6 Å². The summed E-state index contributed by atoms with van der Waals surface area (Å²) in [5.41, 5.74) is 0.199. The van der Waals surface area contributed by atoms with Crippen LogP contribution in [-0.4, -0.2) is 30.4 Å². The van der Waals surface area contributed by atoms with Crippen molar-refractivity contribution in [3.05, 3.63) is 108 Å². The van der Waals surface area contributed by atoms with Gasteiger partial charge in [0.05, 0.1) is 45.5 Å². The van der Waals surface area contributed by atoms with Gasteiger partial charge >= 0.3 is 0 Å². The first-order chi connectivity index (χ1) is 18.3. The molecule has 1 aromatic carbocycles. The van der Waals surface area contributed by atoms with Gasteiger partial charge in [0.25, 0.3) is 11.5 Å². The van der Waals surface area contributed by atoms with Crippen molar-refractivity contribution in [1.29, 1.82) is 0 Å². The monoisotopic (exact) mass is 587 g/mol. The lowest BCUT2D eigenvalue weighted by molar-refractivity contribution is 0.0941. The fourth-order valence-electron chi connectivity index (χ4n) is 3.62. The Bertz CT molecular complexity index is 1710. The summed E-state index contributed by atoms with van der Waals surface area (Å²) in [6.45, 7) is 0.107. The minimum absolute atomic E-state index is 0.139. The Morgan fingerprint density at radius 2 is 1.92 bits per heavy atom. The van der Waals surface area contributed by atoms with Crippen LogP contribution in [0.5, 0.6) is 0 Å². The number of carbonyl (C=O) groups is 2. The number of nitrogens with one attached hydrogen (secondary N) is 1. The number of rotatable bonds is 8. The van der Waals surface area contributed by atoms with Gasteiger partial charge in [-0.15, -0.1) is 11.3 Å². The van der Waals surface area contributed by atoms with Gasteiger partial charge in [-0.3, -0.25) is 14.4 Å². The van der Waals surface area contributed by atoms with Crippen molar-refractivity contribution in [2.24, 2.45) is 0 Å². The Balaban J connectivity index is 1.50. The van der Waals surface area contributed by atoms with Gasteiger partial charge in [-0.05, 0) is 35.8 Å². The van der Waals surface area contributed by atoms with Gasteiger partial charge in [-0.2, -0.15) is 9.78 Å². The van der Waals surface area contributed by atoms with Crippen LogP contribution >= 0.6 is 46.1 Å². The van der Waals surface area contributed by atoms with E-state index in [1.165, 1.54) is 52.6 Å². The highest BCUT2D eigenvalue weighted by Crippen LogP contribution is 2.29. The molecule has 0 aliphatic carbocycles. The molecular weight excluding hydrogens is 572 g/mol. The number of hydrogen-bond donors (Lipinski definition) is 1. The van der Waals surface area contributed by atoms with E-state index in [9.17, 15) is 18.8 Å². The zero-order chi connectivity index (χ0) is 26.8. The third-order valence-corrected chi connectivity index (χ3v) is 7.62. The van der Waals surface area contributed by atoms with E-state index in [1.54, 1.807) is 23.6 Å². The second kappa shape index (κ2) is 11.0. The number of halogens is 3. The first-order valence-corrected chi connectivity index (χ1v) is 13.4. The van der Waals surface area contributed by atoms with Gasteiger partial charge in [0.2, 0.25) is 0 Å². The molecule has 4 aromatic heterocycles. The Kier molecular flexibility index (Phi) is 7.52. The van der Waals surface area contributed by atoms with Gasteiger partial charge in [0.15, 0.2) is 5.78 Å². The molecular formula is C25H16Cl2FN5O3S2. The second-order valence-corrected chi connectivity index (χ2v) is 10.9. The number of anilines is 1. The molecule has 4 heterocycles. The van der Waals surface area contributed by atoms with E-state index in [2.05, 4.69) is 14.8 Å². The number of thiophene rings is 1. The third kappa shape index (κ3) is 5.46. The van der Waals surface area contributed by atoms with E-state index in [0.717, 1.165) is 21.1 Å². The van der Waals surface area contributed by atoms with Crippen molar-refractivity contribution in [2.45, 2.75) is 13.1 Å². The molecule has 0 fully saturated rings. The molecule has 0 amide bonds. The number of pyridine rings is 1. The molecule has 0 spiro atoms. The fraction of sp³-hybridized carbons (Fsp3) is 0.0800. The lowest BCUT2D eigenvalue weighted by atomic mass is 10.2. The van der Waals surface area contributed by atoms with E-state index in [1.807, 2.05) is 6.07 Å². The maximum Gasteiger partial charge on any atom is 0.283 e. The summed E-state index contributed by atoms with van der Waals surface area (Å²) < 4.78 is 21.1. The van der Waals surface area contributed by atoms with Crippen LogP contribution in [-0.2, 0) is 13.1 Å². The van der Waals surface area contributed by atoms with E-state index < -0.39 is 17.3 Å². The molecule has 0 atom stereocenters. The zero-order valence-electron chi connectivity index (χ0n) is 19.2. The summed E-state index contributed by atoms with van der Waals surface area (Å²) in [4.78, 5) is 39.4. The Labute approximate surface area is 233 Å². The maximum atomic E-state index is 14.4. The number of carbonyl (C=O) groups excluding carboxylic acids is 2. The molecule has 5 aromatic rings. The van der Waals surface area contributed by atoms with Crippen molar-refractivity contribution in [2.75, 3.05) is 5.32 Å². The van der Waals surface area contributed by atoms with Gasteiger partial charge in [0, 0.05) is 34.2 Å². The highest BCUT2D eigenvalue weighted by atomic mass is 35.5. The normalized spacial score (nSPS) is 11.0. The number of ketones is 1. The Morgan fingerprint density at radius 3 is 2.63 bits per heavy atom. The largest absolute Gasteiger partial charge is 0.365 e. The molecule has 1 N–H and O–H groups in total. The topological polar surface area (TPSA) is 98.9 Å². The molecule has 192 valence electrons. The fourth-order valence-corrected chi connectivity index (χ4v) is 5.46. The first-order valence-electron chi connectivity index (χ1n) is 11.0. The molecule has 5 rings (SSSR count). The van der Waals surface area contributed by atoms with Crippen LogP contribution in [0.2, 0.25) is 9.36 Å². The molecule has 13 heteroatoms. The van der Waals surface area contributed by atoms with Crippen LogP contribution < -0.4 is 10.9 Å². The van der Waals surface area contributed by atoms with E-state index in [0.29, 0.717) is 16.4 Å². The summed E-state index contributed by atoms with van der Waals surface area (Å²) in [6, 6.07) is 11.9. The molecule has 38 heavy (non-hydrogen) atoms. The van der Waals surface area contributed by atoms with E-state index >= 15 is 0 Å². The number of benzene rings is 1. The smallest absolute Gasteiger partial charge is 0.283 e. The predicted molar refractivity (Wildman–Crippen MR) is 146 cm³/mol. The molecule has 0 unspecified atom stereocenters. The summed E-state index contributed by atoms with van der Waals surface area (Å²) in [7, 11) is 0. The average Bonchev–Trinajstić information content (AvgIpc) is 3.66. The van der Waals surface area contributed by atoms with Crippen molar-refractivity contribution < 1.29 is 14.0 Å². The molecule has 0 bridgehead atoms. The lowest BCUT2D eigenvalue weighted by Crippen LogP contribution is -2.23. The number of aromatic nitrogens is 4.